The van der Waals surface area contributed by atoms with Gasteiger partial charge in [-0.15, -0.1) is 0 Å². The van der Waals surface area contributed by atoms with Crippen LogP contribution in [0.2, 0.25) is 0 Å². The average Bonchev–Trinajstić information content (AvgIpc) is 3.09. The molecule has 0 aliphatic carbocycles. The zero-order chi connectivity index (χ0) is 18.8. The van der Waals surface area contributed by atoms with Crippen LogP contribution in [0.15, 0.2) is 36.8 Å². The summed E-state index contributed by atoms with van der Waals surface area (Å²) in [5.74, 6) is 0.666. The van der Waals surface area contributed by atoms with Crippen molar-refractivity contribution in [1.29, 1.82) is 0 Å². The molecule has 2 aliphatic heterocycles. The molecular formula is C20H25N5O2. The van der Waals surface area contributed by atoms with Crippen LogP contribution in [0.5, 0.6) is 0 Å². The standard InChI is InChI=1S/C20H25N5O2/c1-15-6-9-22-25(15)14-20(27)23-10-7-18-17(13-23)4-5-19(26)24(18)12-16-3-2-8-21-11-16/h2-3,6,8-9,11,17-18H,4-5,7,10,12-14H2,1H3/t17-,18+/m1/s1. The monoisotopic (exact) mass is 367 g/mol. The molecule has 142 valence electrons. The van der Waals surface area contributed by atoms with E-state index in [-0.39, 0.29) is 24.4 Å². The SMILES string of the molecule is Cc1ccnn1CC(=O)N1CC[C@H]2[C@H](CCC(=O)N2Cc2cccnc2)C1. The minimum atomic E-state index is 0.107. The molecular weight excluding hydrogens is 342 g/mol. The summed E-state index contributed by atoms with van der Waals surface area (Å²) in [4.78, 5) is 33.3. The number of carbonyl (C=O) groups is 2. The number of pyridine rings is 1. The van der Waals surface area contributed by atoms with Gasteiger partial charge in [0.1, 0.15) is 6.54 Å². The summed E-state index contributed by atoms with van der Waals surface area (Å²) in [6, 6.07) is 6.03. The van der Waals surface area contributed by atoms with Gasteiger partial charge in [-0.05, 0) is 43.4 Å². The van der Waals surface area contributed by atoms with Gasteiger partial charge in [-0.3, -0.25) is 19.3 Å². The van der Waals surface area contributed by atoms with Crippen LogP contribution in [0.25, 0.3) is 0 Å². The fourth-order valence-corrected chi connectivity index (χ4v) is 4.26. The van der Waals surface area contributed by atoms with E-state index in [0.717, 1.165) is 30.6 Å². The molecule has 2 aliphatic rings. The molecule has 2 atom stereocenters. The lowest BCUT2D eigenvalue weighted by Gasteiger charge is -2.47. The molecule has 0 aromatic carbocycles. The Kier molecular flexibility index (Phi) is 4.92. The third-order valence-electron chi connectivity index (χ3n) is 5.79. The summed E-state index contributed by atoms with van der Waals surface area (Å²) in [7, 11) is 0. The Hall–Kier alpha value is -2.70. The van der Waals surface area contributed by atoms with Crippen LogP contribution in [0.3, 0.4) is 0 Å². The highest BCUT2D eigenvalue weighted by Crippen LogP contribution is 2.32. The molecule has 0 radical (unpaired) electrons. The van der Waals surface area contributed by atoms with Crippen LogP contribution in [-0.2, 0) is 22.7 Å². The highest BCUT2D eigenvalue weighted by atomic mass is 16.2. The Labute approximate surface area is 159 Å². The Balaban J connectivity index is 1.42. The highest BCUT2D eigenvalue weighted by molar-refractivity contribution is 5.78. The number of amides is 2. The molecule has 7 heteroatoms. The first-order valence-corrected chi connectivity index (χ1v) is 9.56. The molecule has 2 fully saturated rings. The van der Waals surface area contributed by atoms with Crippen molar-refractivity contribution in [1.82, 2.24) is 24.6 Å². The summed E-state index contributed by atoms with van der Waals surface area (Å²) >= 11 is 0. The predicted molar refractivity (Wildman–Crippen MR) is 99.5 cm³/mol. The predicted octanol–water partition coefficient (Wildman–Crippen LogP) is 1.63. The van der Waals surface area contributed by atoms with Gasteiger partial charge in [0.15, 0.2) is 0 Å². The van der Waals surface area contributed by atoms with Gasteiger partial charge in [0, 0.05) is 56.4 Å². The first-order valence-electron chi connectivity index (χ1n) is 9.56. The summed E-state index contributed by atoms with van der Waals surface area (Å²) in [5.41, 5.74) is 2.04. The number of fused-ring (bicyclic) bond motifs is 1. The largest absolute Gasteiger partial charge is 0.341 e. The van der Waals surface area contributed by atoms with Crippen molar-refractivity contribution in [2.24, 2.45) is 5.92 Å². The van der Waals surface area contributed by atoms with Gasteiger partial charge in [0.05, 0.1) is 0 Å². The van der Waals surface area contributed by atoms with E-state index in [2.05, 4.69) is 10.1 Å². The maximum Gasteiger partial charge on any atom is 0.244 e. The number of aryl methyl sites for hydroxylation is 1. The number of carbonyl (C=O) groups excluding carboxylic acids is 2. The number of hydrogen-bond donors (Lipinski definition) is 0. The van der Waals surface area contributed by atoms with Crippen molar-refractivity contribution in [3.8, 4) is 0 Å². The Morgan fingerprint density at radius 1 is 1.26 bits per heavy atom. The molecule has 0 N–H and O–H groups in total. The lowest BCUT2D eigenvalue weighted by Crippen LogP contribution is -2.56. The van der Waals surface area contributed by atoms with Gasteiger partial charge in [0.2, 0.25) is 11.8 Å². The number of piperidine rings is 2. The molecule has 2 aromatic rings. The van der Waals surface area contributed by atoms with E-state index in [4.69, 9.17) is 0 Å². The topological polar surface area (TPSA) is 71.3 Å². The van der Waals surface area contributed by atoms with E-state index < -0.39 is 0 Å². The number of rotatable bonds is 4. The smallest absolute Gasteiger partial charge is 0.244 e. The van der Waals surface area contributed by atoms with Crippen molar-refractivity contribution in [2.45, 2.75) is 45.3 Å². The van der Waals surface area contributed by atoms with Crippen LogP contribution in [-0.4, -0.2) is 55.5 Å². The zero-order valence-electron chi connectivity index (χ0n) is 15.6. The minimum absolute atomic E-state index is 0.107. The first kappa shape index (κ1) is 17.7. The lowest BCUT2D eigenvalue weighted by molar-refractivity contribution is -0.145. The number of hydrogen-bond acceptors (Lipinski definition) is 4. The molecule has 4 rings (SSSR count). The van der Waals surface area contributed by atoms with E-state index >= 15 is 0 Å². The van der Waals surface area contributed by atoms with Gasteiger partial charge < -0.3 is 9.80 Å². The third kappa shape index (κ3) is 3.72. The van der Waals surface area contributed by atoms with Crippen molar-refractivity contribution in [2.75, 3.05) is 13.1 Å². The Morgan fingerprint density at radius 3 is 2.89 bits per heavy atom. The fraction of sp³-hybridized carbons (Fsp3) is 0.500. The minimum Gasteiger partial charge on any atom is -0.341 e. The van der Waals surface area contributed by atoms with Crippen molar-refractivity contribution in [3.63, 3.8) is 0 Å². The van der Waals surface area contributed by atoms with E-state index in [1.165, 1.54) is 0 Å². The van der Waals surface area contributed by atoms with Gasteiger partial charge >= 0.3 is 0 Å². The second-order valence-corrected chi connectivity index (χ2v) is 7.51. The molecule has 27 heavy (non-hydrogen) atoms. The van der Waals surface area contributed by atoms with E-state index in [1.807, 2.05) is 41.1 Å². The highest BCUT2D eigenvalue weighted by Gasteiger charge is 2.40. The Bertz CT molecular complexity index is 819. The molecule has 0 spiro atoms. The van der Waals surface area contributed by atoms with E-state index in [9.17, 15) is 9.59 Å². The number of aromatic nitrogens is 3. The zero-order valence-corrected chi connectivity index (χ0v) is 15.6. The fourth-order valence-electron chi connectivity index (χ4n) is 4.26. The second kappa shape index (κ2) is 7.50. The lowest BCUT2D eigenvalue weighted by atomic mass is 9.83. The van der Waals surface area contributed by atoms with Gasteiger partial charge in [-0.25, -0.2) is 0 Å². The molecule has 0 unspecified atom stereocenters. The second-order valence-electron chi connectivity index (χ2n) is 7.51. The summed E-state index contributed by atoms with van der Waals surface area (Å²) in [5, 5.41) is 4.21. The Morgan fingerprint density at radius 2 is 2.15 bits per heavy atom. The molecule has 2 amide bonds. The van der Waals surface area contributed by atoms with E-state index in [0.29, 0.717) is 25.4 Å². The molecule has 2 aromatic heterocycles. The summed E-state index contributed by atoms with van der Waals surface area (Å²) in [6.45, 7) is 4.26. The van der Waals surface area contributed by atoms with Crippen molar-refractivity contribution in [3.05, 3.63) is 48.0 Å². The van der Waals surface area contributed by atoms with Crippen LogP contribution in [0.1, 0.15) is 30.5 Å². The normalized spacial score (nSPS) is 22.6. The van der Waals surface area contributed by atoms with Gasteiger partial charge in [-0.2, -0.15) is 5.10 Å². The van der Waals surface area contributed by atoms with Crippen molar-refractivity contribution >= 4 is 11.8 Å². The molecule has 0 bridgehead atoms. The molecule has 7 nitrogen and oxygen atoms in total. The maximum absolute atomic E-state index is 12.7. The van der Waals surface area contributed by atoms with Crippen LogP contribution in [0.4, 0.5) is 0 Å². The average molecular weight is 367 g/mol. The van der Waals surface area contributed by atoms with Gasteiger partial charge in [0.25, 0.3) is 0 Å². The molecule has 2 saturated heterocycles. The number of nitrogens with zero attached hydrogens (tertiary/aromatic N) is 5. The molecule has 4 heterocycles. The maximum atomic E-state index is 12.7. The first-order chi connectivity index (χ1) is 13.1. The molecule has 0 saturated carbocycles. The van der Waals surface area contributed by atoms with Crippen LogP contribution in [0, 0.1) is 12.8 Å². The third-order valence-corrected chi connectivity index (χ3v) is 5.79. The summed E-state index contributed by atoms with van der Waals surface area (Å²) in [6.07, 6.45) is 7.54. The quantitative estimate of drug-likeness (QED) is 0.823. The summed E-state index contributed by atoms with van der Waals surface area (Å²) < 4.78 is 1.74. The van der Waals surface area contributed by atoms with Crippen LogP contribution < -0.4 is 0 Å². The van der Waals surface area contributed by atoms with Crippen molar-refractivity contribution < 1.29 is 9.59 Å². The number of likely N-dealkylation sites (tertiary alicyclic amines) is 2. The van der Waals surface area contributed by atoms with Gasteiger partial charge in [-0.1, -0.05) is 6.07 Å². The van der Waals surface area contributed by atoms with Crippen LogP contribution >= 0.6 is 0 Å². The van der Waals surface area contributed by atoms with E-state index in [1.54, 1.807) is 17.1 Å².